The summed E-state index contributed by atoms with van der Waals surface area (Å²) in [7, 11) is 0. The molecule has 0 bridgehead atoms. The fraction of sp³-hybridized carbons (Fsp3) is 0.429. The van der Waals surface area contributed by atoms with Gasteiger partial charge in [0.1, 0.15) is 11.2 Å². The topological polar surface area (TPSA) is 16.4 Å². The van der Waals surface area contributed by atoms with Crippen LogP contribution in [0.2, 0.25) is 0 Å². The first-order valence-electron chi connectivity index (χ1n) is 16.4. The van der Waals surface area contributed by atoms with Gasteiger partial charge in [0.25, 0.3) is 0 Å². The van der Waals surface area contributed by atoms with Crippen molar-refractivity contribution in [3.05, 3.63) is 94.6 Å². The molecule has 0 aliphatic carbocycles. The zero-order valence-corrected chi connectivity index (χ0v) is 30.6. The van der Waals surface area contributed by atoms with Gasteiger partial charge in [-0.15, -0.1) is 0 Å². The van der Waals surface area contributed by atoms with E-state index < -0.39 is 0 Å². The second-order valence-electron chi connectivity index (χ2n) is 13.7. The molecule has 0 fully saturated rings. The van der Waals surface area contributed by atoms with Gasteiger partial charge in [0.15, 0.2) is 0 Å². The monoisotopic (exact) mass is 587 g/mol. The van der Waals surface area contributed by atoms with Crippen LogP contribution in [0.1, 0.15) is 102 Å². The van der Waals surface area contributed by atoms with E-state index in [0.29, 0.717) is 0 Å². The average molecular weight is 588 g/mol. The number of nitrogens with zero attached hydrogens (tertiary/aromatic N) is 1. The van der Waals surface area contributed by atoms with Crippen molar-refractivity contribution in [2.75, 3.05) is 4.90 Å². The van der Waals surface area contributed by atoms with E-state index in [2.05, 4.69) is 123 Å². The van der Waals surface area contributed by atoms with Gasteiger partial charge in [-0.1, -0.05) is 6.92 Å². The van der Waals surface area contributed by atoms with Gasteiger partial charge in [-0.25, -0.2) is 0 Å². The number of rotatable bonds is 4. The number of aryl methyl sites for hydroxylation is 3. The third-order valence-corrected chi connectivity index (χ3v) is 12.1. The molecular weight excluding hydrogens is 534 g/mol. The Morgan fingerprint density at radius 1 is 0.341 bits per heavy atom. The van der Waals surface area contributed by atoms with Crippen LogP contribution in [-0.2, 0) is 6.42 Å². The zero-order chi connectivity index (χ0) is 32.8. The molecule has 0 radical (unpaired) electrons. The maximum absolute atomic E-state index is 6.97. The molecule has 1 heterocycles. The largest absolute Gasteiger partial charge is 0.455 e. The van der Waals surface area contributed by atoms with Gasteiger partial charge in [0.2, 0.25) is 0 Å². The molecular formula is C42H53NO. The van der Waals surface area contributed by atoms with Crippen LogP contribution in [0.5, 0.6) is 0 Å². The Labute approximate surface area is 266 Å². The van der Waals surface area contributed by atoms with Crippen molar-refractivity contribution in [2.45, 2.75) is 124 Å². The van der Waals surface area contributed by atoms with E-state index in [9.17, 15) is 0 Å². The van der Waals surface area contributed by atoms with Crippen molar-refractivity contribution < 1.29 is 4.42 Å². The Kier molecular flexibility index (Phi) is 7.85. The standard InChI is InChI=1S/C42H53NO/c1-18-35-25(8)31(14)39(32(15)26(35)9)43(38-28(11)21(4)19(2)22(5)29(38)12)40-30(13)24(7)34(17)42-37(40)36-27(10)20(3)23(6)33(16)41(36)44-42/h18H2,1-17H3. The smallest absolute Gasteiger partial charge is 0.140 e. The zero-order valence-electron chi connectivity index (χ0n) is 30.6. The molecule has 4 aromatic carbocycles. The van der Waals surface area contributed by atoms with Crippen molar-refractivity contribution in [3.8, 4) is 0 Å². The maximum Gasteiger partial charge on any atom is 0.140 e. The summed E-state index contributed by atoms with van der Waals surface area (Å²) in [6.45, 7) is 39.0. The van der Waals surface area contributed by atoms with Gasteiger partial charge in [-0.3, -0.25) is 0 Å². The lowest BCUT2D eigenvalue weighted by Gasteiger charge is -2.36. The first-order chi connectivity index (χ1) is 20.5. The molecule has 5 rings (SSSR count). The Hall–Kier alpha value is -3.52. The third-order valence-electron chi connectivity index (χ3n) is 12.1. The van der Waals surface area contributed by atoms with E-state index in [1.54, 1.807) is 0 Å². The molecule has 0 amide bonds. The van der Waals surface area contributed by atoms with Crippen LogP contribution >= 0.6 is 0 Å². The highest BCUT2D eigenvalue weighted by molar-refractivity contribution is 6.18. The molecule has 0 saturated heterocycles. The van der Waals surface area contributed by atoms with Crippen molar-refractivity contribution >= 4 is 39.0 Å². The number of anilines is 3. The Balaban J connectivity index is 2.17. The van der Waals surface area contributed by atoms with Crippen molar-refractivity contribution in [3.63, 3.8) is 0 Å². The van der Waals surface area contributed by atoms with Gasteiger partial charge in [0, 0.05) is 5.39 Å². The molecule has 232 valence electrons. The summed E-state index contributed by atoms with van der Waals surface area (Å²) in [5.74, 6) is 0. The van der Waals surface area contributed by atoms with Gasteiger partial charge in [-0.2, -0.15) is 0 Å². The fourth-order valence-corrected chi connectivity index (χ4v) is 7.95. The molecule has 1 aromatic heterocycles. The van der Waals surface area contributed by atoms with Gasteiger partial charge >= 0.3 is 0 Å². The quantitative estimate of drug-likeness (QED) is 0.208. The summed E-state index contributed by atoms with van der Waals surface area (Å²) < 4.78 is 6.97. The van der Waals surface area contributed by atoms with Crippen LogP contribution in [0.15, 0.2) is 4.42 Å². The first-order valence-corrected chi connectivity index (χ1v) is 16.4. The Morgan fingerprint density at radius 3 is 1.11 bits per heavy atom. The molecule has 0 spiro atoms. The van der Waals surface area contributed by atoms with E-state index in [4.69, 9.17) is 4.42 Å². The van der Waals surface area contributed by atoms with Crippen LogP contribution < -0.4 is 4.90 Å². The minimum atomic E-state index is 1.02. The lowest BCUT2D eigenvalue weighted by Crippen LogP contribution is -2.20. The molecule has 2 nitrogen and oxygen atoms in total. The van der Waals surface area contributed by atoms with E-state index in [1.165, 1.54) is 122 Å². The minimum Gasteiger partial charge on any atom is -0.455 e. The van der Waals surface area contributed by atoms with Crippen LogP contribution in [0.4, 0.5) is 17.1 Å². The molecule has 44 heavy (non-hydrogen) atoms. The van der Waals surface area contributed by atoms with Crippen LogP contribution in [0, 0.1) is 111 Å². The second kappa shape index (κ2) is 10.8. The van der Waals surface area contributed by atoms with Crippen LogP contribution in [0.3, 0.4) is 0 Å². The van der Waals surface area contributed by atoms with E-state index >= 15 is 0 Å². The van der Waals surface area contributed by atoms with E-state index in [-0.39, 0.29) is 0 Å². The maximum atomic E-state index is 6.97. The first kappa shape index (κ1) is 31.9. The summed E-state index contributed by atoms with van der Waals surface area (Å²) in [5, 5.41) is 2.50. The van der Waals surface area contributed by atoms with Crippen LogP contribution in [-0.4, -0.2) is 0 Å². The Bertz CT molecular complexity index is 1990. The summed E-state index contributed by atoms with van der Waals surface area (Å²) in [6, 6.07) is 0. The lowest BCUT2D eigenvalue weighted by atomic mass is 9.86. The van der Waals surface area contributed by atoms with Gasteiger partial charge in [0.05, 0.1) is 22.4 Å². The lowest BCUT2D eigenvalue weighted by molar-refractivity contribution is 0.661. The number of fused-ring (bicyclic) bond motifs is 3. The van der Waals surface area contributed by atoms with Crippen molar-refractivity contribution in [2.24, 2.45) is 0 Å². The highest BCUT2D eigenvalue weighted by Gasteiger charge is 2.32. The predicted molar refractivity (Wildman–Crippen MR) is 194 cm³/mol. The van der Waals surface area contributed by atoms with Crippen LogP contribution in [0.25, 0.3) is 21.9 Å². The fourth-order valence-electron chi connectivity index (χ4n) is 7.95. The molecule has 0 aliphatic heterocycles. The highest BCUT2D eigenvalue weighted by Crippen LogP contribution is 2.53. The molecule has 0 aliphatic rings. The Morgan fingerprint density at radius 2 is 0.659 bits per heavy atom. The highest BCUT2D eigenvalue weighted by atomic mass is 16.3. The number of hydrogen-bond donors (Lipinski definition) is 0. The average Bonchev–Trinajstić information content (AvgIpc) is 3.39. The second-order valence-corrected chi connectivity index (χ2v) is 13.7. The molecule has 0 saturated carbocycles. The minimum absolute atomic E-state index is 1.02. The van der Waals surface area contributed by atoms with E-state index in [0.717, 1.165) is 17.6 Å². The summed E-state index contributed by atoms with van der Waals surface area (Å²) >= 11 is 0. The summed E-state index contributed by atoms with van der Waals surface area (Å²) in [6.07, 6.45) is 1.04. The molecule has 0 N–H and O–H groups in total. The summed E-state index contributed by atoms with van der Waals surface area (Å²) in [4.78, 5) is 2.66. The number of benzene rings is 4. The molecule has 0 atom stereocenters. The molecule has 0 unspecified atom stereocenters. The number of furan rings is 1. The normalized spacial score (nSPS) is 11.8. The SMILES string of the molecule is CCc1c(C)c(C)c(N(c2c(C)c(C)c(C)c(C)c2C)c2c(C)c(C)c(C)c3oc4c(C)c(C)c(C)c(C)c4c23)c(C)c1C. The van der Waals surface area contributed by atoms with Gasteiger partial charge < -0.3 is 9.32 Å². The summed E-state index contributed by atoms with van der Waals surface area (Å²) in [5.41, 5.74) is 28.8. The van der Waals surface area contributed by atoms with Gasteiger partial charge in [-0.05, 0) is 212 Å². The molecule has 2 heteroatoms. The van der Waals surface area contributed by atoms with Crippen molar-refractivity contribution in [1.29, 1.82) is 0 Å². The third kappa shape index (κ3) is 4.12. The molecule has 5 aromatic rings. The van der Waals surface area contributed by atoms with Crippen molar-refractivity contribution in [1.82, 2.24) is 0 Å². The van der Waals surface area contributed by atoms with E-state index in [1.807, 2.05) is 0 Å². The predicted octanol–water partition coefficient (Wildman–Crippen LogP) is 12.6. The number of hydrogen-bond acceptors (Lipinski definition) is 2.